The van der Waals surface area contributed by atoms with E-state index in [1.807, 2.05) is 0 Å². The Morgan fingerprint density at radius 3 is 2.55 bits per heavy atom. The van der Waals surface area contributed by atoms with Crippen LogP contribution in [0.5, 0.6) is 11.5 Å². The van der Waals surface area contributed by atoms with E-state index in [1.165, 1.54) is 0 Å². The van der Waals surface area contributed by atoms with Gasteiger partial charge in [-0.2, -0.15) is 13.2 Å². The van der Waals surface area contributed by atoms with Crippen molar-refractivity contribution in [2.24, 2.45) is 0 Å². The highest BCUT2D eigenvalue weighted by Crippen LogP contribution is 2.30. The second-order valence-electron chi connectivity index (χ2n) is 4.47. The fourth-order valence-corrected chi connectivity index (χ4v) is 1.69. The molecule has 1 aromatic rings. The van der Waals surface area contributed by atoms with Crippen molar-refractivity contribution in [1.82, 2.24) is 10.6 Å². The predicted molar refractivity (Wildman–Crippen MR) is 68.4 cm³/mol. The fraction of sp³-hybridized carbons (Fsp3) is 0.385. The van der Waals surface area contributed by atoms with E-state index in [0.29, 0.717) is 11.5 Å². The number of hydrogen-bond donors (Lipinski definition) is 2. The molecule has 0 aromatic heterocycles. The number of fused-ring (bicyclic) bond motifs is 1. The fourth-order valence-electron chi connectivity index (χ4n) is 1.69. The third-order valence-corrected chi connectivity index (χ3v) is 2.71. The number of ether oxygens (including phenoxy) is 2. The molecule has 2 rings (SSSR count). The van der Waals surface area contributed by atoms with Gasteiger partial charge >= 0.3 is 6.18 Å². The molecule has 1 aliphatic rings. The number of amides is 2. The molecule has 0 bridgehead atoms. The Labute approximate surface area is 123 Å². The zero-order valence-electron chi connectivity index (χ0n) is 11.3. The lowest BCUT2D eigenvalue weighted by Crippen LogP contribution is -2.47. The molecule has 0 saturated carbocycles. The van der Waals surface area contributed by atoms with Gasteiger partial charge in [0.05, 0.1) is 6.54 Å². The van der Waals surface area contributed by atoms with Crippen LogP contribution in [0.15, 0.2) is 24.3 Å². The van der Waals surface area contributed by atoms with Gasteiger partial charge in [0.2, 0.25) is 12.0 Å². The summed E-state index contributed by atoms with van der Waals surface area (Å²) in [6.07, 6.45) is -5.46. The standard InChI is InChI=1S/C13H13F3N2O4/c14-13(15,16)7-18-11(19)5-17-12(20)10-6-21-8-3-1-2-4-9(8)22-10/h1-4,10H,5-7H2,(H,17,20)(H,18,19). The van der Waals surface area contributed by atoms with E-state index >= 15 is 0 Å². The number of alkyl halides is 3. The van der Waals surface area contributed by atoms with Crippen LogP contribution in [0.25, 0.3) is 0 Å². The van der Waals surface area contributed by atoms with E-state index in [1.54, 1.807) is 29.6 Å². The summed E-state index contributed by atoms with van der Waals surface area (Å²) in [5.41, 5.74) is 0. The van der Waals surface area contributed by atoms with Crippen molar-refractivity contribution < 1.29 is 32.2 Å². The molecular weight excluding hydrogens is 305 g/mol. The van der Waals surface area contributed by atoms with E-state index < -0.39 is 37.2 Å². The summed E-state index contributed by atoms with van der Waals surface area (Å²) in [6.45, 7) is -2.07. The first kappa shape index (κ1) is 15.9. The average Bonchev–Trinajstić information content (AvgIpc) is 2.49. The lowest BCUT2D eigenvalue weighted by Gasteiger charge is -2.25. The summed E-state index contributed by atoms with van der Waals surface area (Å²) in [4.78, 5) is 23.0. The van der Waals surface area contributed by atoms with Crippen LogP contribution >= 0.6 is 0 Å². The van der Waals surface area contributed by atoms with Crippen LogP contribution in [0.4, 0.5) is 13.2 Å². The Balaban J connectivity index is 1.78. The van der Waals surface area contributed by atoms with Crippen molar-refractivity contribution in [3.63, 3.8) is 0 Å². The van der Waals surface area contributed by atoms with Crippen molar-refractivity contribution in [2.75, 3.05) is 19.7 Å². The van der Waals surface area contributed by atoms with Crippen molar-refractivity contribution in [1.29, 1.82) is 0 Å². The highest BCUT2D eigenvalue weighted by Gasteiger charge is 2.29. The van der Waals surface area contributed by atoms with Crippen LogP contribution in [0.2, 0.25) is 0 Å². The van der Waals surface area contributed by atoms with Crippen molar-refractivity contribution in [2.45, 2.75) is 12.3 Å². The number of halogens is 3. The molecule has 120 valence electrons. The van der Waals surface area contributed by atoms with Crippen LogP contribution in [0.1, 0.15) is 0 Å². The molecule has 1 aliphatic heterocycles. The smallest absolute Gasteiger partial charge is 0.405 e. The van der Waals surface area contributed by atoms with Crippen LogP contribution < -0.4 is 20.1 Å². The number of benzene rings is 1. The second-order valence-corrected chi connectivity index (χ2v) is 4.47. The van der Waals surface area contributed by atoms with Gasteiger partial charge in [-0.05, 0) is 12.1 Å². The van der Waals surface area contributed by atoms with Gasteiger partial charge in [-0.1, -0.05) is 12.1 Å². The van der Waals surface area contributed by atoms with Gasteiger partial charge in [-0.25, -0.2) is 0 Å². The lowest BCUT2D eigenvalue weighted by atomic mass is 10.2. The first-order valence-electron chi connectivity index (χ1n) is 6.35. The highest BCUT2D eigenvalue weighted by molar-refractivity contribution is 5.87. The highest BCUT2D eigenvalue weighted by atomic mass is 19.4. The first-order chi connectivity index (χ1) is 10.3. The number of para-hydroxylation sites is 2. The largest absolute Gasteiger partial charge is 0.485 e. The van der Waals surface area contributed by atoms with Crippen molar-refractivity contribution in [3.8, 4) is 11.5 Å². The zero-order chi connectivity index (χ0) is 16.2. The maximum absolute atomic E-state index is 11.9. The molecule has 0 saturated heterocycles. The number of carbonyl (C=O) groups is 2. The monoisotopic (exact) mass is 318 g/mol. The summed E-state index contributed by atoms with van der Waals surface area (Å²) in [6, 6.07) is 6.74. The van der Waals surface area contributed by atoms with E-state index in [-0.39, 0.29) is 6.61 Å². The van der Waals surface area contributed by atoms with Gasteiger partial charge in [0.25, 0.3) is 5.91 Å². The third kappa shape index (κ3) is 4.54. The number of nitrogens with one attached hydrogen (secondary N) is 2. The lowest BCUT2D eigenvalue weighted by molar-refractivity contribution is -0.139. The summed E-state index contributed by atoms with van der Waals surface area (Å²) in [5.74, 6) is -0.704. The maximum Gasteiger partial charge on any atom is 0.405 e. The third-order valence-electron chi connectivity index (χ3n) is 2.71. The number of hydrogen-bond acceptors (Lipinski definition) is 4. The molecule has 2 amide bonds. The molecule has 9 heteroatoms. The SMILES string of the molecule is O=C(CNC(=O)C1COc2ccccc2O1)NCC(F)(F)F. The molecule has 0 radical (unpaired) electrons. The van der Waals surface area contributed by atoms with Gasteiger partial charge in [0.1, 0.15) is 13.2 Å². The molecule has 0 spiro atoms. The average molecular weight is 318 g/mol. The van der Waals surface area contributed by atoms with Gasteiger partial charge < -0.3 is 20.1 Å². The molecule has 1 atom stereocenters. The molecule has 6 nitrogen and oxygen atoms in total. The molecule has 22 heavy (non-hydrogen) atoms. The van der Waals surface area contributed by atoms with Crippen LogP contribution in [0, 0.1) is 0 Å². The van der Waals surface area contributed by atoms with Gasteiger partial charge in [0.15, 0.2) is 11.5 Å². The normalized spacial score (nSPS) is 16.8. The van der Waals surface area contributed by atoms with Crippen LogP contribution in [-0.2, 0) is 9.59 Å². The Kier molecular flexibility index (Phi) is 4.74. The maximum atomic E-state index is 11.9. The minimum Gasteiger partial charge on any atom is -0.485 e. The molecule has 1 aromatic carbocycles. The molecule has 1 heterocycles. The molecule has 0 aliphatic carbocycles. The van der Waals surface area contributed by atoms with E-state index in [9.17, 15) is 22.8 Å². The zero-order valence-corrected chi connectivity index (χ0v) is 11.3. The summed E-state index contributed by atoms with van der Waals surface area (Å²) in [7, 11) is 0. The van der Waals surface area contributed by atoms with Crippen molar-refractivity contribution in [3.05, 3.63) is 24.3 Å². The molecule has 2 N–H and O–H groups in total. The van der Waals surface area contributed by atoms with E-state index in [0.717, 1.165) is 0 Å². The minimum atomic E-state index is -4.50. The van der Waals surface area contributed by atoms with Crippen LogP contribution in [-0.4, -0.2) is 43.8 Å². The van der Waals surface area contributed by atoms with Gasteiger partial charge in [-0.15, -0.1) is 0 Å². The Bertz CT molecular complexity index is 562. The number of rotatable bonds is 4. The minimum absolute atomic E-state index is 0.0486. The van der Waals surface area contributed by atoms with E-state index in [2.05, 4.69) is 5.32 Å². The summed E-state index contributed by atoms with van der Waals surface area (Å²) < 4.78 is 46.4. The van der Waals surface area contributed by atoms with Gasteiger partial charge in [0, 0.05) is 0 Å². The quantitative estimate of drug-likeness (QED) is 0.853. The Morgan fingerprint density at radius 1 is 1.18 bits per heavy atom. The number of carbonyl (C=O) groups excluding carboxylic acids is 2. The molecule has 1 unspecified atom stereocenters. The first-order valence-corrected chi connectivity index (χ1v) is 6.35. The second kappa shape index (κ2) is 6.54. The van der Waals surface area contributed by atoms with Crippen LogP contribution in [0.3, 0.4) is 0 Å². The van der Waals surface area contributed by atoms with E-state index in [4.69, 9.17) is 9.47 Å². The topological polar surface area (TPSA) is 76.7 Å². The predicted octanol–water partition coefficient (Wildman–Crippen LogP) is 0.621. The summed E-state index contributed by atoms with van der Waals surface area (Å²) in [5, 5.41) is 3.84. The van der Waals surface area contributed by atoms with Gasteiger partial charge in [-0.3, -0.25) is 9.59 Å². The Morgan fingerprint density at radius 2 is 1.86 bits per heavy atom. The summed E-state index contributed by atoms with van der Waals surface area (Å²) >= 11 is 0. The molecule has 0 fully saturated rings. The Hall–Kier alpha value is -2.45. The van der Waals surface area contributed by atoms with Crippen molar-refractivity contribution >= 4 is 11.8 Å². The molecular formula is C13H13F3N2O4.